The molecule has 152 valence electrons. The number of allylic oxidation sites excluding steroid dienone is 1. The molecule has 6 nitrogen and oxygen atoms in total. The third-order valence-corrected chi connectivity index (χ3v) is 4.15. The van der Waals surface area contributed by atoms with Gasteiger partial charge in [-0.3, -0.25) is 4.79 Å². The van der Waals surface area contributed by atoms with E-state index in [0.29, 0.717) is 5.56 Å². The Labute approximate surface area is 159 Å². The molecule has 28 heavy (non-hydrogen) atoms. The van der Waals surface area contributed by atoms with Gasteiger partial charge in [0.2, 0.25) is 5.91 Å². The van der Waals surface area contributed by atoms with Crippen molar-refractivity contribution in [3.63, 3.8) is 0 Å². The van der Waals surface area contributed by atoms with Crippen molar-refractivity contribution in [3.8, 4) is 0 Å². The van der Waals surface area contributed by atoms with E-state index in [1.165, 1.54) is 24.3 Å². The molecule has 9 heteroatoms. The lowest BCUT2D eigenvalue weighted by Gasteiger charge is -2.16. The average Bonchev–Trinajstić information content (AvgIpc) is 3.07. The van der Waals surface area contributed by atoms with Crippen molar-refractivity contribution in [3.05, 3.63) is 47.5 Å². The monoisotopic (exact) mass is 399 g/mol. The van der Waals surface area contributed by atoms with E-state index in [1.54, 1.807) is 6.92 Å². The molecule has 1 atom stereocenters. The summed E-state index contributed by atoms with van der Waals surface area (Å²) in [5, 5.41) is 0. The standard InChI is InChI=1S/C19H20F3NO5/c1-2-27-17(25)10-6-14(5-9-16(24)23-11-12-28-18(23)26)13-3-7-15(8-4-13)19(20,21)22/h3-4,6-8,10,14H,2,5,9,11-12H2,1H3/b10-6+. The Hall–Kier alpha value is -2.84. The van der Waals surface area contributed by atoms with Gasteiger partial charge in [-0.25, -0.2) is 14.5 Å². The topological polar surface area (TPSA) is 72.9 Å². The lowest BCUT2D eigenvalue weighted by atomic mass is 9.92. The molecule has 2 rings (SSSR count). The number of benzene rings is 1. The van der Waals surface area contributed by atoms with Gasteiger partial charge >= 0.3 is 18.2 Å². The Morgan fingerprint density at radius 2 is 1.96 bits per heavy atom. The SMILES string of the molecule is CCOC(=O)/C=C/C(CCC(=O)N1CCOC1=O)c1ccc(C(F)(F)F)cc1. The number of imide groups is 1. The highest BCUT2D eigenvalue weighted by Gasteiger charge is 2.31. The van der Waals surface area contributed by atoms with Crippen LogP contribution in [0.5, 0.6) is 0 Å². The lowest BCUT2D eigenvalue weighted by molar-refractivity contribution is -0.138. The van der Waals surface area contributed by atoms with E-state index in [4.69, 9.17) is 9.47 Å². The van der Waals surface area contributed by atoms with Crippen molar-refractivity contribution in [1.29, 1.82) is 0 Å². The minimum absolute atomic E-state index is 0.0338. The first kappa shape index (κ1) is 21.5. The third-order valence-electron chi connectivity index (χ3n) is 4.15. The second kappa shape index (κ2) is 9.38. The van der Waals surface area contributed by atoms with Gasteiger partial charge in [-0.1, -0.05) is 18.2 Å². The number of ether oxygens (including phenoxy) is 2. The molecule has 0 aromatic heterocycles. The molecule has 1 unspecified atom stereocenters. The van der Waals surface area contributed by atoms with Crippen molar-refractivity contribution in [1.82, 2.24) is 4.90 Å². The summed E-state index contributed by atoms with van der Waals surface area (Å²) >= 11 is 0. The predicted octanol–water partition coefficient (Wildman–Crippen LogP) is 3.67. The van der Waals surface area contributed by atoms with Gasteiger partial charge in [0.15, 0.2) is 0 Å². The smallest absolute Gasteiger partial charge is 0.416 e. The van der Waals surface area contributed by atoms with Crippen LogP contribution in [0.4, 0.5) is 18.0 Å². The number of hydrogen-bond donors (Lipinski definition) is 0. The molecule has 1 aliphatic heterocycles. The average molecular weight is 399 g/mol. The molecule has 1 heterocycles. The van der Waals surface area contributed by atoms with Crippen molar-refractivity contribution < 1.29 is 37.0 Å². The van der Waals surface area contributed by atoms with Crippen LogP contribution in [0.25, 0.3) is 0 Å². The van der Waals surface area contributed by atoms with E-state index < -0.39 is 35.6 Å². The van der Waals surface area contributed by atoms with Crippen LogP contribution in [-0.4, -0.2) is 42.6 Å². The van der Waals surface area contributed by atoms with Crippen molar-refractivity contribution in [2.45, 2.75) is 31.9 Å². The van der Waals surface area contributed by atoms with Gasteiger partial charge in [0, 0.05) is 18.4 Å². The van der Waals surface area contributed by atoms with Crippen molar-refractivity contribution in [2.75, 3.05) is 19.8 Å². The molecule has 1 aliphatic rings. The zero-order valence-electron chi connectivity index (χ0n) is 15.2. The van der Waals surface area contributed by atoms with Crippen LogP contribution in [0.1, 0.15) is 36.8 Å². The van der Waals surface area contributed by atoms with E-state index in [1.807, 2.05) is 0 Å². The number of nitrogens with zero attached hydrogens (tertiary/aromatic N) is 1. The number of halogens is 3. The molecule has 1 fully saturated rings. The van der Waals surface area contributed by atoms with Gasteiger partial charge in [-0.15, -0.1) is 0 Å². The molecule has 0 aliphatic carbocycles. The third kappa shape index (κ3) is 5.83. The highest BCUT2D eigenvalue weighted by Crippen LogP contribution is 2.31. The van der Waals surface area contributed by atoms with E-state index in [-0.39, 0.29) is 32.6 Å². The Kier molecular flexibility index (Phi) is 7.19. The molecule has 1 aromatic carbocycles. The predicted molar refractivity (Wildman–Crippen MR) is 92.3 cm³/mol. The molecule has 1 aromatic rings. The van der Waals surface area contributed by atoms with E-state index in [9.17, 15) is 27.6 Å². The highest BCUT2D eigenvalue weighted by atomic mass is 19.4. The molecular weight excluding hydrogens is 379 g/mol. The molecule has 0 N–H and O–H groups in total. The maximum absolute atomic E-state index is 12.8. The number of alkyl halides is 3. The number of carbonyl (C=O) groups excluding carboxylic acids is 3. The fourth-order valence-corrected chi connectivity index (χ4v) is 2.71. The molecule has 0 radical (unpaired) electrons. The first-order valence-corrected chi connectivity index (χ1v) is 8.71. The second-order valence-electron chi connectivity index (χ2n) is 6.04. The second-order valence-corrected chi connectivity index (χ2v) is 6.04. The molecule has 0 bridgehead atoms. The van der Waals surface area contributed by atoms with Crippen LogP contribution in [0.2, 0.25) is 0 Å². The summed E-state index contributed by atoms with van der Waals surface area (Å²) in [6.07, 6.45) is -2.34. The van der Waals surface area contributed by atoms with E-state index in [2.05, 4.69) is 0 Å². The van der Waals surface area contributed by atoms with Gasteiger partial charge in [0.25, 0.3) is 0 Å². The number of hydrogen-bond acceptors (Lipinski definition) is 5. The first-order valence-electron chi connectivity index (χ1n) is 8.71. The zero-order chi connectivity index (χ0) is 20.7. The molecule has 0 spiro atoms. The molecular formula is C19H20F3NO5. The summed E-state index contributed by atoms with van der Waals surface area (Å²) in [6, 6.07) is 4.50. The van der Waals surface area contributed by atoms with Crippen LogP contribution in [0.15, 0.2) is 36.4 Å². The van der Waals surface area contributed by atoms with Crippen LogP contribution in [0.3, 0.4) is 0 Å². The molecule has 0 saturated carbocycles. The molecule has 1 saturated heterocycles. The minimum Gasteiger partial charge on any atom is -0.463 e. The van der Waals surface area contributed by atoms with E-state index >= 15 is 0 Å². The Bertz CT molecular complexity index is 743. The maximum Gasteiger partial charge on any atom is 0.416 e. The first-order chi connectivity index (χ1) is 13.2. The van der Waals surface area contributed by atoms with Crippen LogP contribution in [-0.2, 0) is 25.2 Å². The summed E-state index contributed by atoms with van der Waals surface area (Å²) in [5.74, 6) is -1.54. The van der Waals surface area contributed by atoms with Gasteiger partial charge in [0.1, 0.15) is 6.61 Å². The normalized spacial score (nSPS) is 15.6. The Morgan fingerprint density at radius 3 is 2.50 bits per heavy atom. The number of amides is 2. The van der Waals surface area contributed by atoms with Gasteiger partial charge in [-0.2, -0.15) is 13.2 Å². The number of rotatable bonds is 7. The van der Waals surface area contributed by atoms with Gasteiger partial charge in [0.05, 0.1) is 18.7 Å². The summed E-state index contributed by atoms with van der Waals surface area (Å²) in [7, 11) is 0. The number of cyclic esters (lactones) is 1. The van der Waals surface area contributed by atoms with E-state index in [0.717, 1.165) is 17.0 Å². The van der Waals surface area contributed by atoms with Gasteiger partial charge in [-0.05, 0) is 31.0 Å². The largest absolute Gasteiger partial charge is 0.463 e. The highest BCUT2D eigenvalue weighted by molar-refractivity contribution is 5.93. The lowest BCUT2D eigenvalue weighted by Crippen LogP contribution is -2.31. The Balaban J connectivity index is 2.13. The fourth-order valence-electron chi connectivity index (χ4n) is 2.71. The minimum atomic E-state index is -4.46. The number of carbonyl (C=O) groups is 3. The summed E-state index contributed by atoms with van der Waals surface area (Å²) in [6.45, 7) is 2.13. The summed E-state index contributed by atoms with van der Waals surface area (Å²) in [5.41, 5.74) is -0.286. The van der Waals surface area contributed by atoms with Crippen LogP contribution in [0, 0.1) is 0 Å². The zero-order valence-corrected chi connectivity index (χ0v) is 15.2. The van der Waals surface area contributed by atoms with Crippen LogP contribution < -0.4 is 0 Å². The van der Waals surface area contributed by atoms with Crippen molar-refractivity contribution >= 4 is 18.0 Å². The van der Waals surface area contributed by atoms with Crippen molar-refractivity contribution in [2.24, 2.45) is 0 Å². The number of esters is 1. The quantitative estimate of drug-likeness (QED) is 0.517. The Morgan fingerprint density at radius 1 is 1.29 bits per heavy atom. The fraction of sp³-hybridized carbons (Fsp3) is 0.421. The summed E-state index contributed by atoms with van der Waals surface area (Å²) < 4.78 is 47.8. The summed E-state index contributed by atoms with van der Waals surface area (Å²) in [4.78, 5) is 36.2. The van der Waals surface area contributed by atoms with Gasteiger partial charge < -0.3 is 9.47 Å². The maximum atomic E-state index is 12.8. The van der Waals surface area contributed by atoms with Crippen LogP contribution >= 0.6 is 0 Å². The molecule has 2 amide bonds.